The Balaban J connectivity index is 1.19. The van der Waals surface area contributed by atoms with Crippen LogP contribution in [0.3, 0.4) is 0 Å². The van der Waals surface area contributed by atoms with E-state index in [-0.39, 0.29) is 35.7 Å². The number of piperidine rings is 1. The first kappa shape index (κ1) is 23.5. The number of fused-ring (bicyclic) bond motifs is 2. The largest absolute Gasteiger partial charge is 0.478 e. The normalized spacial score (nSPS) is 23.7. The number of benzene rings is 1. The monoisotopic (exact) mass is 484 g/mol. The van der Waals surface area contributed by atoms with Crippen LogP contribution >= 0.6 is 0 Å². The van der Waals surface area contributed by atoms with Crippen molar-refractivity contribution in [2.45, 2.75) is 82.1 Å². The van der Waals surface area contributed by atoms with Crippen molar-refractivity contribution in [3.05, 3.63) is 53.7 Å². The molecular weight excluding hydrogens is 454 g/mol. The smallest absolute Gasteiger partial charge is 0.263 e. The number of carbonyl (C=O) groups excluding carboxylic acids is 2. The Hall–Kier alpha value is -3.23. The molecule has 9 heteroatoms. The summed E-state index contributed by atoms with van der Waals surface area (Å²) in [6, 6.07) is 7.73. The van der Waals surface area contributed by atoms with Crippen molar-refractivity contribution in [2.75, 3.05) is 4.90 Å². The molecule has 1 aromatic heterocycles. The highest BCUT2D eigenvalue weighted by atomic mass is 19.2. The fourth-order valence-electron chi connectivity index (χ4n) is 5.08. The average molecular weight is 485 g/mol. The number of rotatable bonds is 7. The molecule has 2 aliphatic heterocycles. The number of hydrogen-bond donors (Lipinski definition) is 2. The lowest BCUT2D eigenvalue weighted by Crippen LogP contribution is -2.55. The minimum absolute atomic E-state index is 0.0207. The summed E-state index contributed by atoms with van der Waals surface area (Å²) >= 11 is 0. The molecule has 1 saturated carbocycles. The predicted octanol–water partition coefficient (Wildman–Crippen LogP) is 3.73. The van der Waals surface area contributed by atoms with Crippen molar-refractivity contribution >= 4 is 17.6 Å². The molecule has 7 nitrogen and oxygen atoms in total. The third kappa shape index (κ3) is 5.09. The van der Waals surface area contributed by atoms with Crippen molar-refractivity contribution in [1.29, 1.82) is 0 Å². The molecule has 186 valence electrons. The van der Waals surface area contributed by atoms with Gasteiger partial charge in [0.2, 0.25) is 0 Å². The second-order valence-electron chi connectivity index (χ2n) is 10.3. The van der Waals surface area contributed by atoms with Gasteiger partial charge in [0.05, 0.1) is 5.56 Å². The maximum absolute atomic E-state index is 13.5. The van der Waals surface area contributed by atoms with E-state index in [1.165, 1.54) is 6.07 Å². The Morgan fingerprint density at radius 3 is 2.29 bits per heavy atom. The Morgan fingerprint density at radius 2 is 1.69 bits per heavy atom. The summed E-state index contributed by atoms with van der Waals surface area (Å²) in [6.07, 6.45) is 7.29. The second kappa shape index (κ2) is 9.09. The van der Waals surface area contributed by atoms with Gasteiger partial charge in [-0.3, -0.25) is 9.59 Å². The average Bonchev–Trinajstić information content (AvgIpc) is 3.59. The first-order chi connectivity index (χ1) is 16.7. The number of halogens is 2. The minimum Gasteiger partial charge on any atom is -0.478 e. The molecule has 2 bridgehead atoms. The molecule has 1 aromatic carbocycles. The van der Waals surface area contributed by atoms with Crippen molar-refractivity contribution in [1.82, 2.24) is 15.6 Å². The van der Waals surface area contributed by atoms with Gasteiger partial charge in [0, 0.05) is 36.4 Å². The van der Waals surface area contributed by atoms with Crippen LogP contribution < -0.4 is 20.3 Å². The van der Waals surface area contributed by atoms with E-state index in [1.807, 2.05) is 12.1 Å². The van der Waals surface area contributed by atoms with E-state index in [0.717, 1.165) is 56.5 Å². The highest BCUT2D eigenvalue weighted by Crippen LogP contribution is 2.39. The highest BCUT2D eigenvalue weighted by Gasteiger charge is 2.43. The van der Waals surface area contributed by atoms with Crippen LogP contribution in [-0.2, 0) is 4.79 Å². The molecule has 5 rings (SSSR count). The summed E-state index contributed by atoms with van der Waals surface area (Å²) in [7, 11) is 0. The summed E-state index contributed by atoms with van der Waals surface area (Å²) in [4.78, 5) is 32.1. The van der Waals surface area contributed by atoms with E-state index in [1.54, 1.807) is 20.0 Å². The van der Waals surface area contributed by atoms with Gasteiger partial charge in [0.25, 0.3) is 11.8 Å². The Morgan fingerprint density at radius 1 is 0.971 bits per heavy atom. The van der Waals surface area contributed by atoms with Crippen LogP contribution in [-0.4, -0.2) is 46.6 Å². The maximum Gasteiger partial charge on any atom is 0.263 e. The lowest BCUT2D eigenvalue weighted by molar-refractivity contribution is -0.135. The summed E-state index contributed by atoms with van der Waals surface area (Å²) < 4.78 is 32.4. The first-order valence-corrected chi connectivity index (χ1v) is 12.2. The van der Waals surface area contributed by atoms with Gasteiger partial charge >= 0.3 is 0 Å². The number of anilines is 1. The van der Waals surface area contributed by atoms with E-state index in [9.17, 15) is 18.4 Å². The Bertz CT molecular complexity index is 1110. The molecule has 3 fully saturated rings. The van der Waals surface area contributed by atoms with Crippen LogP contribution in [0.4, 0.5) is 14.6 Å². The topological polar surface area (TPSA) is 83.6 Å². The number of hydrogen-bond acceptors (Lipinski definition) is 5. The van der Waals surface area contributed by atoms with Crippen LogP contribution in [0.2, 0.25) is 0 Å². The summed E-state index contributed by atoms with van der Waals surface area (Å²) in [6.45, 7) is 3.22. The lowest BCUT2D eigenvalue weighted by Gasteiger charge is -2.40. The van der Waals surface area contributed by atoms with Crippen LogP contribution in [0, 0.1) is 11.6 Å². The molecule has 3 heterocycles. The second-order valence-corrected chi connectivity index (χ2v) is 10.3. The van der Waals surface area contributed by atoms with Crippen molar-refractivity contribution in [3.8, 4) is 5.75 Å². The summed E-state index contributed by atoms with van der Waals surface area (Å²) in [5.74, 6) is -1.42. The van der Waals surface area contributed by atoms with Crippen LogP contribution in [0.5, 0.6) is 5.75 Å². The molecule has 1 aliphatic carbocycles. The number of carbonyl (C=O) groups is 2. The number of aromatic nitrogens is 1. The molecule has 2 saturated heterocycles. The fourth-order valence-corrected chi connectivity index (χ4v) is 5.08. The third-order valence-corrected chi connectivity index (χ3v) is 7.07. The summed E-state index contributed by atoms with van der Waals surface area (Å²) in [5, 5.41) is 6.07. The third-order valence-electron chi connectivity index (χ3n) is 7.07. The zero-order chi connectivity index (χ0) is 24.7. The lowest BCUT2D eigenvalue weighted by atomic mass is 9.96. The Labute approximate surface area is 203 Å². The predicted molar refractivity (Wildman–Crippen MR) is 126 cm³/mol. The number of nitrogens with zero attached hydrogens (tertiary/aromatic N) is 2. The molecule has 0 radical (unpaired) electrons. The highest BCUT2D eigenvalue weighted by molar-refractivity contribution is 5.94. The number of pyridine rings is 1. The number of nitrogens with one attached hydrogen (secondary N) is 2. The number of amides is 2. The van der Waals surface area contributed by atoms with Crippen LogP contribution in [0.15, 0.2) is 36.5 Å². The van der Waals surface area contributed by atoms with Crippen molar-refractivity contribution < 1.29 is 23.1 Å². The van der Waals surface area contributed by atoms with Gasteiger partial charge < -0.3 is 20.3 Å². The van der Waals surface area contributed by atoms with E-state index in [2.05, 4.69) is 20.5 Å². The van der Waals surface area contributed by atoms with Gasteiger partial charge in [-0.2, -0.15) is 0 Å². The summed E-state index contributed by atoms with van der Waals surface area (Å²) in [5.41, 5.74) is -0.683. The van der Waals surface area contributed by atoms with Gasteiger partial charge in [0.1, 0.15) is 11.6 Å². The van der Waals surface area contributed by atoms with Crippen molar-refractivity contribution in [2.24, 2.45) is 0 Å². The quantitative estimate of drug-likeness (QED) is 0.626. The van der Waals surface area contributed by atoms with Gasteiger partial charge in [0.15, 0.2) is 17.2 Å². The fraction of sp³-hybridized carbons (Fsp3) is 0.500. The van der Waals surface area contributed by atoms with Gasteiger partial charge in [-0.1, -0.05) is 0 Å². The van der Waals surface area contributed by atoms with Gasteiger partial charge in [-0.25, -0.2) is 13.8 Å². The molecule has 35 heavy (non-hydrogen) atoms. The minimum atomic E-state index is -1.25. The molecule has 2 atom stereocenters. The SMILES string of the molecule is CC(C)(Oc1ccc(F)c(F)c1)C(=O)NC1CC2CCC(C1)N2c1ccc(C(=O)NC2CC2)cn1. The van der Waals surface area contributed by atoms with Crippen molar-refractivity contribution in [3.63, 3.8) is 0 Å². The first-order valence-electron chi connectivity index (χ1n) is 12.2. The molecule has 2 amide bonds. The molecule has 3 aliphatic rings. The maximum atomic E-state index is 13.5. The van der Waals surface area contributed by atoms with Gasteiger partial charge in [-0.05, 0) is 76.6 Å². The van der Waals surface area contributed by atoms with Crippen LogP contribution in [0.1, 0.15) is 62.7 Å². The molecule has 0 spiro atoms. The van der Waals surface area contributed by atoms with E-state index in [4.69, 9.17) is 4.74 Å². The van der Waals surface area contributed by atoms with E-state index >= 15 is 0 Å². The molecule has 2 unspecified atom stereocenters. The zero-order valence-corrected chi connectivity index (χ0v) is 19.9. The molecule has 2 N–H and O–H groups in total. The standard InChI is InChI=1S/C26H30F2N4O3/c1-26(2,35-20-8-9-21(27)22(28)13-20)25(34)31-17-11-18-6-7-19(12-17)32(18)23-10-3-15(14-29-23)24(33)30-16-4-5-16/h3,8-10,13-14,16-19H,4-7,11-12H2,1-2H3,(H,30,33)(H,31,34). The zero-order valence-electron chi connectivity index (χ0n) is 19.9. The van der Waals surface area contributed by atoms with Gasteiger partial charge in [-0.15, -0.1) is 0 Å². The van der Waals surface area contributed by atoms with E-state index in [0.29, 0.717) is 11.6 Å². The molecular formula is C26H30F2N4O3. The van der Waals surface area contributed by atoms with Crippen LogP contribution in [0.25, 0.3) is 0 Å². The molecule has 2 aromatic rings. The number of ether oxygens (including phenoxy) is 1. The Kier molecular flexibility index (Phi) is 6.11. The van der Waals surface area contributed by atoms with E-state index < -0.39 is 17.2 Å².